The first-order chi connectivity index (χ1) is 5.31. The molecule has 1 heterocycles. The lowest BCUT2D eigenvalue weighted by Crippen LogP contribution is -2.30. The number of hydrogen-bond acceptors (Lipinski definition) is 1. The summed E-state index contributed by atoms with van der Waals surface area (Å²) >= 11 is 0. The van der Waals surface area contributed by atoms with Gasteiger partial charge in [0.05, 0.1) is 0 Å². The number of rotatable bonds is 0. The van der Waals surface area contributed by atoms with Crippen LogP contribution in [0.4, 0.5) is 0 Å². The van der Waals surface area contributed by atoms with E-state index in [1.807, 2.05) is 0 Å². The Morgan fingerprint density at radius 1 is 1.45 bits per heavy atom. The zero-order chi connectivity index (χ0) is 7.47. The lowest BCUT2D eigenvalue weighted by molar-refractivity contribution is 0.232. The second-order valence-electron chi connectivity index (χ2n) is 4.63. The summed E-state index contributed by atoms with van der Waals surface area (Å²) in [4.78, 5) is 0. The maximum Gasteiger partial charge on any atom is 0.00143 e. The fraction of sp³-hybridized carbons (Fsp3) is 0.800. The van der Waals surface area contributed by atoms with Crippen molar-refractivity contribution in [3.05, 3.63) is 12.2 Å². The average molecular weight is 149 g/mol. The zero-order valence-corrected chi connectivity index (χ0v) is 7.01. The Hall–Kier alpha value is -0.300. The molecular formula is C10H15N. The van der Waals surface area contributed by atoms with E-state index in [1.54, 1.807) is 0 Å². The van der Waals surface area contributed by atoms with Crippen LogP contribution in [0.5, 0.6) is 0 Å². The summed E-state index contributed by atoms with van der Waals surface area (Å²) in [6.45, 7) is 4.98. The van der Waals surface area contributed by atoms with Crippen LogP contribution in [0.2, 0.25) is 0 Å². The fourth-order valence-electron chi connectivity index (χ4n) is 3.42. The lowest BCUT2D eigenvalue weighted by Gasteiger charge is -2.31. The second kappa shape index (κ2) is 1.71. The quantitative estimate of drug-likeness (QED) is 0.514. The van der Waals surface area contributed by atoms with Gasteiger partial charge in [-0.2, -0.15) is 0 Å². The molecule has 0 aromatic carbocycles. The van der Waals surface area contributed by atoms with Gasteiger partial charge in [0.2, 0.25) is 0 Å². The molecule has 3 rings (SSSR count). The van der Waals surface area contributed by atoms with Crippen molar-refractivity contribution in [3.8, 4) is 0 Å². The maximum absolute atomic E-state index is 3.53. The molecule has 1 heteroatoms. The van der Waals surface area contributed by atoms with Gasteiger partial charge in [0.15, 0.2) is 0 Å². The molecule has 3 aliphatic rings. The molecule has 1 saturated heterocycles. The van der Waals surface area contributed by atoms with Crippen molar-refractivity contribution in [2.45, 2.75) is 13.3 Å². The van der Waals surface area contributed by atoms with Gasteiger partial charge in [-0.25, -0.2) is 0 Å². The summed E-state index contributed by atoms with van der Waals surface area (Å²) in [6.07, 6.45) is 6.35. The number of hydrogen-bond donors (Lipinski definition) is 1. The number of nitrogens with one attached hydrogen (secondary N) is 1. The summed E-state index contributed by atoms with van der Waals surface area (Å²) in [5.41, 5.74) is 0.624. The highest BCUT2D eigenvalue weighted by atomic mass is 15.0. The van der Waals surface area contributed by atoms with Gasteiger partial charge in [0.25, 0.3) is 0 Å². The largest absolute Gasteiger partial charge is 0.316 e. The molecule has 1 nitrogen and oxygen atoms in total. The Bertz CT molecular complexity index is 221. The summed E-state index contributed by atoms with van der Waals surface area (Å²) in [7, 11) is 0. The van der Waals surface area contributed by atoms with Gasteiger partial charge < -0.3 is 5.32 Å². The molecular weight excluding hydrogens is 134 g/mol. The summed E-state index contributed by atoms with van der Waals surface area (Å²) in [5.74, 6) is 2.77. The molecule has 0 aromatic heterocycles. The molecule has 0 unspecified atom stereocenters. The predicted octanol–water partition coefficient (Wildman–Crippen LogP) is 1.42. The molecule has 4 atom stereocenters. The van der Waals surface area contributed by atoms with Crippen LogP contribution in [0.1, 0.15) is 13.3 Å². The molecule has 11 heavy (non-hydrogen) atoms. The molecule has 2 aliphatic carbocycles. The summed E-state index contributed by atoms with van der Waals surface area (Å²) in [6, 6.07) is 0. The first-order valence-corrected chi connectivity index (χ1v) is 4.70. The minimum absolute atomic E-state index is 0.624. The monoisotopic (exact) mass is 149 g/mol. The van der Waals surface area contributed by atoms with E-state index >= 15 is 0 Å². The second-order valence-corrected chi connectivity index (χ2v) is 4.63. The van der Waals surface area contributed by atoms with Crippen LogP contribution < -0.4 is 5.32 Å². The van der Waals surface area contributed by atoms with E-state index in [1.165, 1.54) is 19.5 Å². The van der Waals surface area contributed by atoms with Gasteiger partial charge in [-0.05, 0) is 36.1 Å². The van der Waals surface area contributed by atoms with E-state index < -0.39 is 0 Å². The first kappa shape index (κ1) is 6.24. The van der Waals surface area contributed by atoms with Crippen LogP contribution in [0.15, 0.2) is 12.2 Å². The zero-order valence-electron chi connectivity index (χ0n) is 7.01. The fourth-order valence-corrected chi connectivity index (χ4v) is 3.42. The minimum Gasteiger partial charge on any atom is -0.316 e. The third kappa shape index (κ3) is 0.572. The average Bonchev–Trinajstić information content (AvgIpc) is 2.54. The van der Waals surface area contributed by atoms with E-state index in [2.05, 4.69) is 24.4 Å². The highest BCUT2D eigenvalue weighted by Gasteiger charge is 2.54. The van der Waals surface area contributed by atoms with Gasteiger partial charge >= 0.3 is 0 Å². The molecule has 2 bridgehead atoms. The van der Waals surface area contributed by atoms with Crippen molar-refractivity contribution in [1.82, 2.24) is 5.32 Å². The maximum atomic E-state index is 3.53. The third-order valence-electron chi connectivity index (χ3n) is 4.20. The minimum atomic E-state index is 0.624. The smallest absolute Gasteiger partial charge is 0.00143 e. The molecule has 1 saturated carbocycles. The molecule has 60 valence electrons. The van der Waals surface area contributed by atoms with Crippen molar-refractivity contribution >= 4 is 0 Å². The Morgan fingerprint density at radius 2 is 2.36 bits per heavy atom. The van der Waals surface area contributed by atoms with Gasteiger partial charge in [-0.3, -0.25) is 0 Å². The van der Waals surface area contributed by atoms with Gasteiger partial charge in [-0.1, -0.05) is 19.1 Å². The number of allylic oxidation sites excluding steroid dienone is 2. The van der Waals surface area contributed by atoms with Gasteiger partial charge in [0.1, 0.15) is 0 Å². The Kier molecular flexibility index (Phi) is 0.972. The van der Waals surface area contributed by atoms with Crippen LogP contribution in [-0.4, -0.2) is 13.1 Å². The standard InChI is InChI=1S/C10H15N/c1-10-6-11-5-9(10)7-2-3-8(10)4-7/h2-3,7-9,11H,4-6H2,1H3/t7-,8+,9-,10+/m1/s1. The predicted molar refractivity (Wildman–Crippen MR) is 45.2 cm³/mol. The first-order valence-electron chi connectivity index (χ1n) is 4.70. The topological polar surface area (TPSA) is 12.0 Å². The Morgan fingerprint density at radius 3 is 3.18 bits per heavy atom. The normalized spacial score (nSPS) is 58.8. The highest BCUT2D eigenvalue weighted by Crippen LogP contribution is 2.57. The molecule has 2 fully saturated rings. The van der Waals surface area contributed by atoms with Crippen LogP contribution in [0.3, 0.4) is 0 Å². The van der Waals surface area contributed by atoms with Crippen molar-refractivity contribution in [1.29, 1.82) is 0 Å². The molecule has 0 aromatic rings. The highest BCUT2D eigenvalue weighted by molar-refractivity contribution is 5.20. The van der Waals surface area contributed by atoms with Crippen LogP contribution >= 0.6 is 0 Å². The molecule has 0 amide bonds. The van der Waals surface area contributed by atoms with Crippen LogP contribution in [-0.2, 0) is 0 Å². The van der Waals surface area contributed by atoms with E-state index in [-0.39, 0.29) is 0 Å². The van der Waals surface area contributed by atoms with Gasteiger partial charge in [0, 0.05) is 6.54 Å². The lowest BCUT2D eigenvalue weighted by atomic mass is 9.72. The van der Waals surface area contributed by atoms with E-state index in [0.717, 1.165) is 17.8 Å². The van der Waals surface area contributed by atoms with E-state index in [9.17, 15) is 0 Å². The number of fused-ring (bicyclic) bond motifs is 5. The van der Waals surface area contributed by atoms with Crippen molar-refractivity contribution in [3.63, 3.8) is 0 Å². The Labute approximate surface area is 67.9 Å². The van der Waals surface area contributed by atoms with E-state index in [4.69, 9.17) is 0 Å². The SMILES string of the molecule is C[C@@]12CNC[C@@H]1[C@@H]1C=C[C@H]2C1. The molecule has 1 aliphatic heterocycles. The van der Waals surface area contributed by atoms with Crippen molar-refractivity contribution < 1.29 is 0 Å². The summed E-state index contributed by atoms with van der Waals surface area (Å²) in [5, 5.41) is 3.53. The molecule has 0 radical (unpaired) electrons. The molecule has 1 N–H and O–H groups in total. The van der Waals surface area contributed by atoms with Gasteiger partial charge in [-0.15, -0.1) is 0 Å². The van der Waals surface area contributed by atoms with Crippen molar-refractivity contribution in [2.75, 3.05) is 13.1 Å². The van der Waals surface area contributed by atoms with Crippen LogP contribution in [0, 0.1) is 23.2 Å². The third-order valence-corrected chi connectivity index (χ3v) is 4.20. The van der Waals surface area contributed by atoms with Crippen LogP contribution in [0.25, 0.3) is 0 Å². The summed E-state index contributed by atoms with van der Waals surface area (Å²) < 4.78 is 0. The molecule has 0 spiro atoms. The Balaban J connectivity index is 2.06. The van der Waals surface area contributed by atoms with Crippen molar-refractivity contribution in [2.24, 2.45) is 23.2 Å². The van der Waals surface area contributed by atoms with E-state index in [0.29, 0.717) is 5.41 Å².